The van der Waals surface area contributed by atoms with Crippen molar-refractivity contribution >= 4 is 23.2 Å². The van der Waals surface area contributed by atoms with Crippen LogP contribution in [0.1, 0.15) is 21.9 Å². The van der Waals surface area contributed by atoms with Crippen LogP contribution in [0.4, 0.5) is 5.69 Å². The predicted octanol–water partition coefficient (Wildman–Crippen LogP) is 1.93. The zero-order valence-electron chi connectivity index (χ0n) is 9.61. The first-order chi connectivity index (χ1) is 7.99. The predicted molar refractivity (Wildman–Crippen MR) is 62.1 cm³/mol. The number of aryl methyl sites for hydroxylation is 3. The van der Waals surface area contributed by atoms with Crippen LogP contribution in [0.5, 0.6) is 0 Å². The van der Waals surface area contributed by atoms with Crippen molar-refractivity contribution in [3.63, 3.8) is 0 Å². The fraction of sp³-hybridized carbons (Fsp3) is 0.300. The number of hydrogen-bond acceptors (Lipinski definition) is 4. The third-order valence-electron chi connectivity index (χ3n) is 2.27. The van der Waals surface area contributed by atoms with Gasteiger partial charge in [0.2, 0.25) is 0 Å². The zero-order valence-corrected chi connectivity index (χ0v) is 10.4. The van der Waals surface area contributed by atoms with Crippen LogP contribution in [0.15, 0.2) is 10.7 Å². The minimum absolute atomic E-state index is 0.175. The van der Waals surface area contributed by atoms with Crippen molar-refractivity contribution in [2.45, 2.75) is 13.8 Å². The summed E-state index contributed by atoms with van der Waals surface area (Å²) >= 11 is 5.88. The third kappa shape index (κ3) is 2.16. The zero-order chi connectivity index (χ0) is 12.6. The number of nitrogens with zero attached hydrogens (tertiary/aromatic N) is 3. The summed E-state index contributed by atoms with van der Waals surface area (Å²) in [6, 6.07) is 0. The summed E-state index contributed by atoms with van der Waals surface area (Å²) in [5, 5.41) is 10.7. The Labute approximate surface area is 103 Å². The monoisotopic (exact) mass is 254 g/mol. The van der Waals surface area contributed by atoms with Gasteiger partial charge in [0.25, 0.3) is 5.91 Å². The molecular weight excluding hydrogens is 244 g/mol. The quantitative estimate of drug-likeness (QED) is 0.889. The number of halogens is 1. The lowest BCUT2D eigenvalue weighted by Crippen LogP contribution is -2.14. The Bertz CT molecular complexity index is 553. The largest absolute Gasteiger partial charge is 0.359 e. The van der Waals surface area contributed by atoms with Gasteiger partial charge in [0, 0.05) is 13.2 Å². The van der Waals surface area contributed by atoms with Gasteiger partial charge in [0.1, 0.15) is 11.4 Å². The van der Waals surface area contributed by atoms with E-state index in [0.717, 1.165) is 0 Å². The van der Waals surface area contributed by atoms with Crippen LogP contribution in [0, 0.1) is 13.8 Å². The molecule has 1 amide bonds. The van der Waals surface area contributed by atoms with E-state index in [1.807, 2.05) is 0 Å². The Balaban J connectivity index is 2.26. The lowest BCUT2D eigenvalue weighted by Gasteiger charge is -2.01. The molecule has 2 aromatic rings. The number of carbonyl (C=O) groups excluding carboxylic acids is 1. The van der Waals surface area contributed by atoms with Crippen LogP contribution in [0.2, 0.25) is 5.02 Å². The molecule has 0 saturated heterocycles. The first-order valence-corrected chi connectivity index (χ1v) is 5.30. The van der Waals surface area contributed by atoms with Gasteiger partial charge in [-0.3, -0.25) is 9.48 Å². The highest BCUT2D eigenvalue weighted by molar-refractivity contribution is 6.34. The molecule has 17 heavy (non-hydrogen) atoms. The van der Waals surface area contributed by atoms with Gasteiger partial charge in [-0.1, -0.05) is 16.8 Å². The average molecular weight is 255 g/mol. The first-order valence-electron chi connectivity index (χ1n) is 4.92. The number of aromatic nitrogens is 3. The second kappa shape index (κ2) is 4.21. The molecule has 2 aromatic heterocycles. The minimum atomic E-state index is -0.384. The Morgan fingerprint density at radius 1 is 1.53 bits per heavy atom. The van der Waals surface area contributed by atoms with Gasteiger partial charge in [0.15, 0.2) is 11.5 Å². The topological polar surface area (TPSA) is 73.0 Å². The van der Waals surface area contributed by atoms with Crippen molar-refractivity contribution in [1.29, 1.82) is 0 Å². The number of carbonyl (C=O) groups is 1. The van der Waals surface area contributed by atoms with E-state index in [-0.39, 0.29) is 11.6 Å². The second-order valence-corrected chi connectivity index (χ2v) is 4.06. The van der Waals surface area contributed by atoms with Crippen LogP contribution >= 0.6 is 11.6 Å². The van der Waals surface area contributed by atoms with Gasteiger partial charge in [-0.15, -0.1) is 0 Å². The minimum Gasteiger partial charge on any atom is -0.359 e. The van der Waals surface area contributed by atoms with Gasteiger partial charge in [0.05, 0.1) is 5.02 Å². The van der Waals surface area contributed by atoms with Crippen molar-refractivity contribution in [2.75, 3.05) is 5.32 Å². The molecule has 0 atom stereocenters. The molecule has 0 bridgehead atoms. The molecule has 0 spiro atoms. The molecule has 1 N–H and O–H groups in total. The summed E-state index contributed by atoms with van der Waals surface area (Å²) in [5.41, 5.74) is 1.34. The van der Waals surface area contributed by atoms with Gasteiger partial charge in [-0.2, -0.15) is 5.10 Å². The van der Waals surface area contributed by atoms with E-state index in [0.29, 0.717) is 22.2 Å². The molecule has 0 saturated carbocycles. The number of hydrogen-bond donors (Lipinski definition) is 1. The first kappa shape index (κ1) is 11.7. The van der Waals surface area contributed by atoms with E-state index in [9.17, 15) is 4.79 Å². The van der Waals surface area contributed by atoms with E-state index in [4.69, 9.17) is 16.1 Å². The highest BCUT2D eigenvalue weighted by Gasteiger charge is 2.18. The lowest BCUT2D eigenvalue weighted by atomic mass is 10.3. The summed E-state index contributed by atoms with van der Waals surface area (Å²) in [4.78, 5) is 11.9. The van der Waals surface area contributed by atoms with Gasteiger partial charge in [-0.05, 0) is 13.8 Å². The normalized spacial score (nSPS) is 10.6. The fourth-order valence-corrected chi connectivity index (χ4v) is 1.71. The average Bonchev–Trinajstić information content (AvgIpc) is 2.74. The van der Waals surface area contributed by atoms with E-state index >= 15 is 0 Å². The van der Waals surface area contributed by atoms with Crippen LogP contribution in [0.25, 0.3) is 0 Å². The van der Waals surface area contributed by atoms with Crippen molar-refractivity contribution in [1.82, 2.24) is 14.9 Å². The maximum absolute atomic E-state index is 11.9. The van der Waals surface area contributed by atoms with Crippen LogP contribution in [-0.2, 0) is 7.05 Å². The van der Waals surface area contributed by atoms with Crippen molar-refractivity contribution in [3.05, 3.63) is 28.4 Å². The molecule has 90 valence electrons. The molecule has 7 heteroatoms. The maximum atomic E-state index is 11.9. The Morgan fingerprint density at radius 3 is 2.71 bits per heavy atom. The number of anilines is 1. The molecule has 0 unspecified atom stereocenters. The fourth-order valence-electron chi connectivity index (χ4n) is 1.45. The summed E-state index contributed by atoms with van der Waals surface area (Å²) < 4.78 is 6.42. The van der Waals surface area contributed by atoms with Gasteiger partial charge >= 0.3 is 0 Å². The highest BCUT2D eigenvalue weighted by atomic mass is 35.5. The molecule has 0 aliphatic carbocycles. The Kier molecular flexibility index (Phi) is 2.89. The Morgan fingerprint density at radius 2 is 2.24 bits per heavy atom. The van der Waals surface area contributed by atoms with Crippen molar-refractivity contribution in [3.8, 4) is 0 Å². The van der Waals surface area contributed by atoms with Gasteiger partial charge in [-0.25, -0.2) is 0 Å². The van der Waals surface area contributed by atoms with E-state index in [1.54, 1.807) is 27.1 Å². The molecule has 2 rings (SSSR count). The summed E-state index contributed by atoms with van der Waals surface area (Å²) in [7, 11) is 1.69. The molecule has 0 radical (unpaired) electrons. The second-order valence-electron chi connectivity index (χ2n) is 3.65. The number of nitrogens with one attached hydrogen (secondary N) is 1. The van der Waals surface area contributed by atoms with Crippen LogP contribution in [-0.4, -0.2) is 20.8 Å². The molecule has 0 aromatic carbocycles. The molecule has 2 heterocycles. The lowest BCUT2D eigenvalue weighted by molar-refractivity contribution is 0.102. The highest BCUT2D eigenvalue weighted by Crippen LogP contribution is 2.21. The van der Waals surface area contributed by atoms with E-state index < -0.39 is 0 Å². The van der Waals surface area contributed by atoms with Crippen molar-refractivity contribution < 1.29 is 9.32 Å². The third-order valence-corrected chi connectivity index (χ3v) is 2.55. The van der Waals surface area contributed by atoms with Gasteiger partial charge < -0.3 is 9.84 Å². The summed E-state index contributed by atoms with van der Waals surface area (Å²) in [6.45, 7) is 3.46. The molecule has 0 aliphatic heterocycles. The van der Waals surface area contributed by atoms with Crippen molar-refractivity contribution in [2.24, 2.45) is 7.05 Å². The molecular formula is C10H11ClN4O2. The molecule has 6 nitrogen and oxygen atoms in total. The smallest absolute Gasteiger partial charge is 0.277 e. The van der Waals surface area contributed by atoms with E-state index in [2.05, 4.69) is 15.6 Å². The standard InChI is InChI=1S/C10H11ClN4O2/c1-5-8(6(2)17-14-5)12-10(16)9-7(11)4-15(3)13-9/h4H,1-3H3,(H,12,16). The maximum Gasteiger partial charge on any atom is 0.277 e. The van der Waals surface area contributed by atoms with Crippen LogP contribution in [0.3, 0.4) is 0 Å². The molecule has 0 fully saturated rings. The SMILES string of the molecule is Cc1noc(C)c1NC(=O)c1nn(C)cc1Cl. The van der Waals surface area contributed by atoms with Crippen LogP contribution < -0.4 is 5.32 Å². The Hall–Kier alpha value is -1.82. The summed E-state index contributed by atoms with van der Waals surface area (Å²) in [6.07, 6.45) is 1.56. The molecule has 0 aliphatic rings. The van der Waals surface area contributed by atoms with E-state index in [1.165, 1.54) is 4.68 Å². The number of rotatable bonds is 2. The summed E-state index contributed by atoms with van der Waals surface area (Å²) in [5.74, 6) is 0.160. The number of amides is 1.